The predicted octanol–water partition coefficient (Wildman–Crippen LogP) is 2.01. The number of nitrogens with zero attached hydrogens (tertiary/aromatic N) is 1. The summed E-state index contributed by atoms with van der Waals surface area (Å²) < 4.78 is 0. The molecule has 0 saturated carbocycles. The van der Waals surface area contributed by atoms with Gasteiger partial charge >= 0.3 is 0 Å². The molecule has 0 aliphatic heterocycles. The van der Waals surface area contributed by atoms with Gasteiger partial charge in [-0.3, -0.25) is 9.59 Å². The highest BCUT2D eigenvalue weighted by molar-refractivity contribution is 6.06. The van der Waals surface area contributed by atoms with E-state index in [2.05, 4.69) is 5.32 Å². The van der Waals surface area contributed by atoms with Crippen molar-refractivity contribution in [3.05, 3.63) is 29.3 Å². The Bertz CT molecular complexity index is 481. The third kappa shape index (κ3) is 4.48. The normalized spacial score (nSPS) is 12.3. The molecule has 1 aromatic carbocycles. The van der Waals surface area contributed by atoms with E-state index in [1.807, 2.05) is 51.0 Å². The molecule has 1 rings (SSSR count). The Hall–Kier alpha value is -1.68. The van der Waals surface area contributed by atoms with Crippen LogP contribution in [0.25, 0.3) is 0 Å². The largest absolute Gasteiger partial charge is 0.325 e. The molecule has 104 valence electrons. The molecule has 1 amide bonds. The highest BCUT2D eigenvalue weighted by Gasteiger charge is 2.24. The molecule has 0 aromatic heterocycles. The van der Waals surface area contributed by atoms with Crippen LogP contribution in [0.3, 0.4) is 0 Å². The number of benzene rings is 1. The van der Waals surface area contributed by atoms with E-state index in [9.17, 15) is 9.59 Å². The van der Waals surface area contributed by atoms with Crippen LogP contribution in [0, 0.1) is 19.8 Å². The molecule has 0 heterocycles. The predicted molar refractivity (Wildman–Crippen MR) is 77.3 cm³/mol. The van der Waals surface area contributed by atoms with Crippen molar-refractivity contribution in [1.82, 2.24) is 4.90 Å². The van der Waals surface area contributed by atoms with Gasteiger partial charge in [0, 0.05) is 12.2 Å². The minimum Gasteiger partial charge on any atom is -0.325 e. The van der Waals surface area contributed by atoms with Gasteiger partial charge in [-0.2, -0.15) is 0 Å². The van der Waals surface area contributed by atoms with Gasteiger partial charge in [0.25, 0.3) is 0 Å². The molecule has 1 aromatic rings. The SMILES string of the molecule is CC(=O)C(CN(C)C)C(=O)Nc1cc(C)ccc1C. The van der Waals surface area contributed by atoms with Gasteiger partial charge in [0.2, 0.25) is 5.91 Å². The van der Waals surface area contributed by atoms with E-state index in [0.29, 0.717) is 6.54 Å². The molecule has 4 nitrogen and oxygen atoms in total. The summed E-state index contributed by atoms with van der Waals surface area (Å²) in [6.45, 7) is 5.78. The Labute approximate surface area is 114 Å². The molecule has 0 fully saturated rings. The Morgan fingerprint density at radius 1 is 1.26 bits per heavy atom. The van der Waals surface area contributed by atoms with Gasteiger partial charge in [-0.1, -0.05) is 12.1 Å². The van der Waals surface area contributed by atoms with Gasteiger partial charge in [-0.05, 0) is 52.1 Å². The van der Waals surface area contributed by atoms with Crippen LogP contribution in [0.1, 0.15) is 18.1 Å². The number of aryl methyl sites for hydroxylation is 2. The molecule has 19 heavy (non-hydrogen) atoms. The van der Waals surface area contributed by atoms with E-state index in [0.717, 1.165) is 16.8 Å². The highest BCUT2D eigenvalue weighted by Crippen LogP contribution is 2.17. The van der Waals surface area contributed by atoms with E-state index < -0.39 is 5.92 Å². The summed E-state index contributed by atoms with van der Waals surface area (Å²) in [7, 11) is 3.70. The fraction of sp³-hybridized carbons (Fsp3) is 0.467. The van der Waals surface area contributed by atoms with Crippen LogP contribution >= 0.6 is 0 Å². The molecule has 1 N–H and O–H groups in total. The average Bonchev–Trinajstić information content (AvgIpc) is 2.30. The summed E-state index contributed by atoms with van der Waals surface area (Å²) >= 11 is 0. The molecule has 0 spiro atoms. The second-order valence-electron chi connectivity index (χ2n) is 5.23. The number of nitrogens with one attached hydrogen (secondary N) is 1. The van der Waals surface area contributed by atoms with Crippen molar-refractivity contribution in [2.75, 3.05) is 26.0 Å². The van der Waals surface area contributed by atoms with Crippen LogP contribution in [0.5, 0.6) is 0 Å². The van der Waals surface area contributed by atoms with Crippen LogP contribution in [0.15, 0.2) is 18.2 Å². The molecule has 0 aliphatic carbocycles. The molecule has 0 bridgehead atoms. The summed E-state index contributed by atoms with van der Waals surface area (Å²) in [5.41, 5.74) is 2.84. The van der Waals surface area contributed by atoms with E-state index >= 15 is 0 Å². The Morgan fingerprint density at radius 2 is 1.89 bits per heavy atom. The Balaban J connectivity index is 2.87. The van der Waals surface area contributed by atoms with Crippen molar-refractivity contribution in [1.29, 1.82) is 0 Å². The monoisotopic (exact) mass is 262 g/mol. The van der Waals surface area contributed by atoms with Crippen molar-refractivity contribution >= 4 is 17.4 Å². The lowest BCUT2D eigenvalue weighted by molar-refractivity contribution is -0.130. The molecule has 1 unspecified atom stereocenters. The maximum absolute atomic E-state index is 12.2. The topological polar surface area (TPSA) is 49.4 Å². The molecule has 0 saturated heterocycles. The number of rotatable bonds is 5. The Morgan fingerprint density at radius 3 is 2.42 bits per heavy atom. The van der Waals surface area contributed by atoms with E-state index in [1.165, 1.54) is 6.92 Å². The number of Topliss-reactive ketones (excluding diaryl/α,β-unsaturated/α-hetero) is 1. The summed E-state index contributed by atoms with van der Waals surface area (Å²) in [5.74, 6) is -0.985. The van der Waals surface area contributed by atoms with Crippen molar-refractivity contribution in [2.45, 2.75) is 20.8 Å². The van der Waals surface area contributed by atoms with Gasteiger partial charge in [-0.25, -0.2) is 0 Å². The molecule has 0 radical (unpaired) electrons. The first-order valence-electron chi connectivity index (χ1n) is 6.34. The third-order valence-corrected chi connectivity index (χ3v) is 3.01. The first-order valence-corrected chi connectivity index (χ1v) is 6.34. The fourth-order valence-corrected chi connectivity index (χ4v) is 1.85. The third-order valence-electron chi connectivity index (χ3n) is 3.01. The summed E-state index contributed by atoms with van der Waals surface area (Å²) in [6, 6.07) is 5.87. The first kappa shape index (κ1) is 15.4. The van der Waals surface area contributed by atoms with Crippen molar-refractivity contribution < 1.29 is 9.59 Å². The summed E-state index contributed by atoms with van der Waals surface area (Å²) in [4.78, 5) is 25.6. The average molecular weight is 262 g/mol. The maximum Gasteiger partial charge on any atom is 0.236 e. The van der Waals surface area contributed by atoms with Crippen molar-refractivity contribution in [3.63, 3.8) is 0 Å². The van der Waals surface area contributed by atoms with Gasteiger partial charge in [-0.15, -0.1) is 0 Å². The van der Waals surface area contributed by atoms with Crippen LogP contribution in [-0.4, -0.2) is 37.2 Å². The zero-order chi connectivity index (χ0) is 14.6. The van der Waals surface area contributed by atoms with E-state index in [-0.39, 0.29) is 11.7 Å². The zero-order valence-electron chi connectivity index (χ0n) is 12.3. The van der Waals surface area contributed by atoms with Crippen LogP contribution in [-0.2, 0) is 9.59 Å². The second-order valence-corrected chi connectivity index (χ2v) is 5.23. The lowest BCUT2D eigenvalue weighted by Gasteiger charge is -2.19. The molecular formula is C15H22N2O2. The molecule has 0 aliphatic rings. The summed E-state index contributed by atoms with van der Waals surface area (Å²) in [5, 5.41) is 2.85. The molecule has 4 heteroatoms. The lowest BCUT2D eigenvalue weighted by atomic mass is 10.0. The smallest absolute Gasteiger partial charge is 0.236 e. The van der Waals surface area contributed by atoms with Gasteiger partial charge in [0.1, 0.15) is 11.7 Å². The van der Waals surface area contributed by atoms with Gasteiger partial charge in [0.05, 0.1) is 0 Å². The highest BCUT2D eigenvalue weighted by atomic mass is 16.2. The van der Waals surface area contributed by atoms with Gasteiger partial charge in [0.15, 0.2) is 0 Å². The molecular weight excluding hydrogens is 240 g/mol. The Kier molecular flexibility index (Phi) is 5.24. The fourth-order valence-electron chi connectivity index (χ4n) is 1.85. The summed E-state index contributed by atoms with van der Waals surface area (Å²) in [6.07, 6.45) is 0. The second kappa shape index (κ2) is 6.48. The number of carbonyl (C=O) groups is 2. The standard InChI is InChI=1S/C15H22N2O2/c1-10-6-7-11(2)14(8-10)16-15(19)13(12(3)18)9-17(4)5/h6-8,13H,9H2,1-5H3,(H,16,19). The minimum absolute atomic E-state index is 0.114. The zero-order valence-corrected chi connectivity index (χ0v) is 12.3. The minimum atomic E-state index is -0.630. The number of hydrogen-bond donors (Lipinski definition) is 1. The van der Waals surface area contributed by atoms with Crippen molar-refractivity contribution in [2.24, 2.45) is 5.92 Å². The number of anilines is 1. The number of amides is 1. The van der Waals surface area contributed by atoms with E-state index in [4.69, 9.17) is 0 Å². The van der Waals surface area contributed by atoms with Crippen LogP contribution < -0.4 is 5.32 Å². The maximum atomic E-state index is 12.2. The van der Waals surface area contributed by atoms with Crippen molar-refractivity contribution in [3.8, 4) is 0 Å². The van der Waals surface area contributed by atoms with E-state index in [1.54, 1.807) is 0 Å². The number of ketones is 1. The van der Waals surface area contributed by atoms with Gasteiger partial charge < -0.3 is 10.2 Å². The van der Waals surface area contributed by atoms with Crippen LogP contribution in [0.4, 0.5) is 5.69 Å². The molecule has 1 atom stereocenters. The number of hydrogen-bond acceptors (Lipinski definition) is 3. The number of carbonyl (C=O) groups excluding carboxylic acids is 2. The first-order chi connectivity index (χ1) is 8.81. The van der Waals surface area contributed by atoms with Crippen LogP contribution in [0.2, 0.25) is 0 Å². The lowest BCUT2D eigenvalue weighted by Crippen LogP contribution is -2.36. The quantitative estimate of drug-likeness (QED) is 0.826.